The summed E-state index contributed by atoms with van der Waals surface area (Å²) in [6, 6.07) is 0.444. The molecular formula is C11H21N5O. The molecule has 0 bridgehead atoms. The number of nitrogens with one attached hydrogen (secondary N) is 2. The molecule has 1 saturated heterocycles. The SMILES string of the molecule is CCOc1n[nH]c(N2CCC(CNC)CC2)n1. The van der Waals surface area contributed by atoms with E-state index in [1.54, 1.807) is 0 Å². The van der Waals surface area contributed by atoms with E-state index in [1.165, 1.54) is 12.8 Å². The molecule has 2 rings (SSSR count). The van der Waals surface area contributed by atoms with Crippen LogP contribution >= 0.6 is 0 Å². The van der Waals surface area contributed by atoms with E-state index in [2.05, 4.69) is 25.4 Å². The minimum atomic E-state index is 0.444. The van der Waals surface area contributed by atoms with Crippen LogP contribution in [0.25, 0.3) is 0 Å². The lowest BCUT2D eigenvalue weighted by atomic mass is 9.97. The molecule has 1 aliphatic heterocycles. The molecule has 17 heavy (non-hydrogen) atoms. The third-order valence-corrected chi connectivity index (χ3v) is 3.13. The number of piperidine rings is 1. The normalized spacial score (nSPS) is 17.4. The lowest BCUT2D eigenvalue weighted by molar-refractivity contribution is 0.314. The van der Waals surface area contributed by atoms with Gasteiger partial charge >= 0.3 is 6.01 Å². The van der Waals surface area contributed by atoms with Gasteiger partial charge in [-0.15, -0.1) is 5.10 Å². The molecule has 0 radical (unpaired) electrons. The summed E-state index contributed by atoms with van der Waals surface area (Å²) in [5.74, 6) is 1.61. The number of aromatic nitrogens is 3. The van der Waals surface area contributed by atoms with Crippen molar-refractivity contribution in [3.63, 3.8) is 0 Å². The van der Waals surface area contributed by atoms with E-state index >= 15 is 0 Å². The van der Waals surface area contributed by atoms with Crippen LogP contribution in [-0.4, -0.2) is 48.5 Å². The molecule has 0 amide bonds. The number of hydrogen-bond acceptors (Lipinski definition) is 5. The van der Waals surface area contributed by atoms with Crippen molar-refractivity contribution in [2.24, 2.45) is 5.92 Å². The molecule has 1 aromatic rings. The van der Waals surface area contributed by atoms with Gasteiger partial charge in [0.05, 0.1) is 6.61 Å². The molecule has 2 heterocycles. The van der Waals surface area contributed by atoms with Crippen molar-refractivity contribution >= 4 is 5.95 Å². The Morgan fingerprint density at radius 3 is 2.88 bits per heavy atom. The number of anilines is 1. The molecule has 96 valence electrons. The second-order valence-corrected chi connectivity index (χ2v) is 4.36. The van der Waals surface area contributed by atoms with E-state index in [0.29, 0.717) is 12.6 Å². The monoisotopic (exact) mass is 239 g/mol. The van der Waals surface area contributed by atoms with Gasteiger partial charge in [0.2, 0.25) is 5.95 Å². The van der Waals surface area contributed by atoms with E-state index in [9.17, 15) is 0 Å². The van der Waals surface area contributed by atoms with Gasteiger partial charge in [0.1, 0.15) is 0 Å². The number of hydrogen-bond donors (Lipinski definition) is 2. The molecule has 0 atom stereocenters. The second-order valence-electron chi connectivity index (χ2n) is 4.36. The highest BCUT2D eigenvalue weighted by Gasteiger charge is 2.21. The fourth-order valence-corrected chi connectivity index (χ4v) is 2.21. The summed E-state index contributed by atoms with van der Waals surface area (Å²) in [6.45, 7) is 5.70. The van der Waals surface area contributed by atoms with Crippen LogP contribution in [0.2, 0.25) is 0 Å². The van der Waals surface area contributed by atoms with Crippen molar-refractivity contribution in [2.45, 2.75) is 19.8 Å². The molecule has 1 fully saturated rings. The molecule has 0 aliphatic carbocycles. The molecule has 1 aromatic heterocycles. The maximum absolute atomic E-state index is 5.25. The Kier molecular flexibility index (Phi) is 4.19. The van der Waals surface area contributed by atoms with E-state index in [0.717, 1.165) is 31.5 Å². The smallest absolute Gasteiger partial charge is 0.337 e. The summed E-state index contributed by atoms with van der Waals surface area (Å²) in [7, 11) is 2.01. The Morgan fingerprint density at radius 2 is 2.24 bits per heavy atom. The Labute approximate surface area is 102 Å². The molecule has 0 saturated carbocycles. The average Bonchev–Trinajstić information content (AvgIpc) is 2.80. The average molecular weight is 239 g/mol. The summed E-state index contributed by atoms with van der Waals surface area (Å²) in [5, 5.41) is 10.2. The van der Waals surface area contributed by atoms with Crippen molar-refractivity contribution in [1.29, 1.82) is 0 Å². The minimum absolute atomic E-state index is 0.444. The first-order chi connectivity index (χ1) is 8.33. The standard InChI is InChI=1S/C11H21N5O/c1-3-17-11-13-10(14-15-11)16-6-4-9(5-7-16)8-12-2/h9,12H,3-8H2,1-2H3,(H,13,14,15). The second kappa shape index (κ2) is 5.86. The van der Waals surface area contributed by atoms with Gasteiger partial charge in [-0.3, -0.25) is 0 Å². The summed E-state index contributed by atoms with van der Waals surface area (Å²) < 4.78 is 5.25. The zero-order chi connectivity index (χ0) is 12.1. The van der Waals surface area contributed by atoms with Crippen molar-refractivity contribution < 1.29 is 4.74 Å². The molecule has 0 unspecified atom stereocenters. The first-order valence-electron chi connectivity index (χ1n) is 6.28. The Morgan fingerprint density at radius 1 is 1.47 bits per heavy atom. The van der Waals surface area contributed by atoms with Gasteiger partial charge in [-0.05, 0) is 39.3 Å². The highest BCUT2D eigenvalue weighted by atomic mass is 16.5. The quantitative estimate of drug-likeness (QED) is 0.789. The van der Waals surface area contributed by atoms with Crippen LogP contribution in [-0.2, 0) is 0 Å². The number of aromatic amines is 1. The van der Waals surface area contributed by atoms with Gasteiger partial charge in [0.25, 0.3) is 0 Å². The number of nitrogens with zero attached hydrogens (tertiary/aromatic N) is 3. The number of rotatable bonds is 5. The number of H-pyrrole nitrogens is 1. The fraction of sp³-hybridized carbons (Fsp3) is 0.818. The zero-order valence-corrected chi connectivity index (χ0v) is 10.6. The van der Waals surface area contributed by atoms with Crippen molar-refractivity contribution in [2.75, 3.05) is 38.2 Å². The Hall–Kier alpha value is -1.30. The van der Waals surface area contributed by atoms with Crippen LogP contribution in [0.1, 0.15) is 19.8 Å². The molecule has 0 aromatic carbocycles. The molecule has 2 N–H and O–H groups in total. The molecule has 0 spiro atoms. The zero-order valence-electron chi connectivity index (χ0n) is 10.6. The van der Waals surface area contributed by atoms with Crippen LogP contribution in [0, 0.1) is 5.92 Å². The number of ether oxygens (including phenoxy) is 1. The Balaban J connectivity index is 1.86. The highest BCUT2D eigenvalue weighted by Crippen LogP contribution is 2.20. The Bertz CT molecular complexity index is 332. The van der Waals surface area contributed by atoms with Gasteiger partial charge in [-0.1, -0.05) is 0 Å². The van der Waals surface area contributed by atoms with Crippen LogP contribution < -0.4 is 15.0 Å². The predicted octanol–water partition coefficient (Wildman–Crippen LogP) is 0.639. The van der Waals surface area contributed by atoms with E-state index in [1.807, 2.05) is 14.0 Å². The fourth-order valence-electron chi connectivity index (χ4n) is 2.21. The van der Waals surface area contributed by atoms with Crippen molar-refractivity contribution in [3.05, 3.63) is 0 Å². The molecule has 6 nitrogen and oxygen atoms in total. The topological polar surface area (TPSA) is 66.1 Å². The third-order valence-electron chi connectivity index (χ3n) is 3.13. The van der Waals surface area contributed by atoms with Crippen molar-refractivity contribution in [3.8, 4) is 6.01 Å². The van der Waals surface area contributed by atoms with E-state index in [4.69, 9.17) is 4.74 Å². The van der Waals surface area contributed by atoms with Gasteiger partial charge in [-0.2, -0.15) is 4.98 Å². The first kappa shape index (κ1) is 12.2. The molecule has 1 aliphatic rings. The predicted molar refractivity (Wildman–Crippen MR) is 66.4 cm³/mol. The maximum Gasteiger partial charge on any atom is 0.337 e. The maximum atomic E-state index is 5.25. The van der Waals surface area contributed by atoms with E-state index in [-0.39, 0.29) is 0 Å². The summed E-state index contributed by atoms with van der Waals surface area (Å²) in [5.41, 5.74) is 0. The lowest BCUT2D eigenvalue weighted by Gasteiger charge is -2.31. The minimum Gasteiger partial charge on any atom is -0.463 e. The molecular weight excluding hydrogens is 218 g/mol. The van der Waals surface area contributed by atoms with Gasteiger partial charge in [0.15, 0.2) is 0 Å². The lowest BCUT2D eigenvalue weighted by Crippen LogP contribution is -2.37. The summed E-state index contributed by atoms with van der Waals surface area (Å²) in [4.78, 5) is 6.55. The summed E-state index contributed by atoms with van der Waals surface area (Å²) >= 11 is 0. The largest absolute Gasteiger partial charge is 0.463 e. The highest BCUT2D eigenvalue weighted by molar-refractivity contribution is 5.30. The van der Waals surface area contributed by atoms with Crippen LogP contribution in [0.15, 0.2) is 0 Å². The van der Waals surface area contributed by atoms with E-state index < -0.39 is 0 Å². The first-order valence-corrected chi connectivity index (χ1v) is 6.28. The van der Waals surface area contributed by atoms with Crippen LogP contribution in [0.4, 0.5) is 5.95 Å². The van der Waals surface area contributed by atoms with Crippen molar-refractivity contribution in [1.82, 2.24) is 20.5 Å². The molecule has 6 heteroatoms. The van der Waals surface area contributed by atoms with Gasteiger partial charge < -0.3 is 15.0 Å². The van der Waals surface area contributed by atoms with Crippen LogP contribution in [0.3, 0.4) is 0 Å². The third kappa shape index (κ3) is 3.09. The van der Waals surface area contributed by atoms with Crippen LogP contribution in [0.5, 0.6) is 6.01 Å². The van der Waals surface area contributed by atoms with Gasteiger partial charge in [0, 0.05) is 13.1 Å². The summed E-state index contributed by atoms with van der Waals surface area (Å²) in [6.07, 6.45) is 2.40. The van der Waals surface area contributed by atoms with Gasteiger partial charge in [-0.25, -0.2) is 5.10 Å².